The maximum absolute atomic E-state index is 12.2. The lowest BCUT2D eigenvalue weighted by Gasteiger charge is -2.28. The molecule has 0 amide bonds. The van der Waals surface area contributed by atoms with Gasteiger partial charge < -0.3 is 4.98 Å². The molecule has 4 heteroatoms. The molecule has 0 spiro atoms. The van der Waals surface area contributed by atoms with Gasteiger partial charge in [0.2, 0.25) is 0 Å². The minimum atomic E-state index is 0.0600. The third-order valence-corrected chi connectivity index (χ3v) is 4.80. The Bertz CT molecular complexity index is 764. The zero-order valence-electron chi connectivity index (χ0n) is 14.3. The van der Waals surface area contributed by atoms with Crippen LogP contribution < -0.4 is 5.56 Å². The fourth-order valence-electron chi connectivity index (χ4n) is 3.26. The van der Waals surface area contributed by atoms with Gasteiger partial charge in [0.25, 0.3) is 5.56 Å². The molecular formula is C19H25N3O. The van der Waals surface area contributed by atoms with Crippen molar-refractivity contribution in [1.29, 1.82) is 0 Å². The van der Waals surface area contributed by atoms with Crippen LogP contribution in [0.5, 0.6) is 0 Å². The number of nitrogens with zero attached hydrogens (tertiary/aromatic N) is 2. The molecule has 1 aliphatic rings. The summed E-state index contributed by atoms with van der Waals surface area (Å²) in [6.07, 6.45) is 2.61. The second-order valence-corrected chi connectivity index (χ2v) is 6.51. The van der Waals surface area contributed by atoms with E-state index in [4.69, 9.17) is 4.98 Å². The van der Waals surface area contributed by atoms with Gasteiger partial charge in [-0.05, 0) is 43.4 Å². The molecule has 2 heterocycles. The summed E-state index contributed by atoms with van der Waals surface area (Å²) in [5.74, 6) is 0.824. The SMILES string of the molecule is CCCc1nc2c(c(=O)[nH]1)CCN(Cc1cccc(C)c1C)C2. The van der Waals surface area contributed by atoms with Crippen LogP contribution in [0.25, 0.3) is 0 Å². The van der Waals surface area contributed by atoms with Gasteiger partial charge in [-0.15, -0.1) is 0 Å². The average Bonchev–Trinajstić information content (AvgIpc) is 2.52. The second kappa shape index (κ2) is 6.67. The van der Waals surface area contributed by atoms with Crippen molar-refractivity contribution < 1.29 is 0 Å². The van der Waals surface area contributed by atoms with Gasteiger partial charge in [0.15, 0.2) is 0 Å². The third-order valence-electron chi connectivity index (χ3n) is 4.80. The van der Waals surface area contributed by atoms with Gasteiger partial charge in [-0.1, -0.05) is 25.1 Å². The number of rotatable bonds is 4. The fraction of sp³-hybridized carbons (Fsp3) is 0.474. The van der Waals surface area contributed by atoms with Crippen LogP contribution in [0.2, 0.25) is 0 Å². The van der Waals surface area contributed by atoms with Crippen molar-refractivity contribution in [2.45, 2.75) is 53.1 Å². The van der Waals surface area contributed by atoms with E-state index in [1.165, 1.54) is 16.7 Å². The predicted molar refractivity (Wildman–Crippen MR) is 92.6 cm³/mol. The molecule has 4 nitrogen and oxygen atoms in total. The predicted octanol–water partition coefficient (Wildman–Crippen LogP) is 2.90. The zero-order valence-corrected chi connectivity index (χ0v) is 14.3. The molecule has 1 aromatic heterocycles. The van der Waals surface area contributed by atoms with E-state index >= 15 is 0 Å². The van der Waals surface area contributed by atoms with E-state index in [9.17, 15) is 4.79 Å². The normalized spacial score (nSPS) is 14.7. The number of aromatic nitrogens is 2. The minimum Gasteiger partial charge on any atom is -0.310 e. The smallest absolute Gasteiger partial charge is 0.254 e. The van der Waals surface area contributed by atoms with Crippen molar-refractivity contribution in [3.05, 3.63) is 62.3 Å². The molecule has 0 fully saturated rings. The highest BCUT2D eigenvalue weighted by atomic mass is 16.1. The Kier molecular flexibility index (Phi) is 4.62. The molecule has 1 aromatic carbocycles. The van der Waals surface area contributed by atoms with Crippen molar-refractivity contribution in [2.24, 2.45) is 0 Å². The first-order valence-corrected chi connectivity index (χ1v) is 8.47. The van der Waals surface area contributed by atoms with E-state index in [0.29, 0.717) is 0 Å². The average molecular weight is 311 g/mol. The topological polar surface area (TPSA) is 49.0 Å². The summed E-state index contributed by atoms with van der Waals surface area (Å²) >= 11 is 0. The Morgan fingerprint density at radius 2 is 2.13 bits per heavy atom. The Hall–Kier alpha value is -1.94. The molecule has 0 saturated heterocycles. The number of fused-ring (bicyclic) bond motifs is 1. The first kappa shape index (κ1) is 15.9. The molecule has 3 rings (SSSR count). The standard InChI is InChI=1S/C19H25N3O/c1-4-6-18-20-17-12-22(10-9-16(17)19(23)21-18)11-15-8-5-7-13(2)14(15)3/h5,7-8H,4,6,9-12H2,1-3H3,(H,20,21,23). The highest BCUT2D eigenvalue weighted by molar-refractivity contribution is 5.33. The molecule has 0 bridgehead atoms. The van der Waals surface area contributed by atoms with E-state index in [1.807, 2.05) is 0 Å². The first-order valence-electron chi connectivity index (χ1n) is 8.47. The van der Waals surface area contributed by atoms with Crippen molar-refractivity contribution in [2.75, 3.05) is 6.54 Å². The lowest BCUT2D eigenvalue weighted by molar-refractivity contribution is 0.239. The number of benzene rings is 1. The lowest BCUT2D eigenvalue weighted by atomic mass is 10.0. The number of hydrogen-bond donors (Lipinski definition) is 1. The minimum absolute atomic E-state index is 0.0600. The largest absolute Gasteiger partial charge is 0.310 e. The van der Waals surface area contributed by atoms with Gasteiger partial charge in [-0.25, -0.2) is 4.98 Å². The summed E-state index contributed by atoms with van der Waals surface area (Å²) in [4.78, 5) is 22.2. The maximum atomic E-state index is 12.2. The van der Waals surface area contributed by atoms with Crippen LogP contribution in [0.15, 0.2) is 23.0 Å². The summed E-state index contributed by atoms with van der Waals surface area (Å²) in [5.41, 5.74) is 5.97. The van der Waals surface area contributed by atoms with Gasteiger partial charge in [0.05, 0.1) is 5.69 Å². The molecule has 0 saturated carbocycles. The molecule has 2 aromatic rings. The number of aryl methyl sites for hydroxylation is 2. The lowest BCUT2D eigenvalue weighted by Crippen LogP contribution is -2.35. The van der Waals surface area contributed by atoms with Crippen molar-refractivity contribution >= 4 is 0 Å². The number of nitrogens with one attached hydrogen (secondary N) is 1. The molecule has 0 unspecified atom stereocenters. The summed E-state index contributed by atoms with van der Waals surface area (Å²) in [7, 11) is 0. The van der Waals surface area contributed by atoms with Gasteiger partial charge in [0.1, 0.15) is 5.82 Å². The van der Waals surface area contributed by atoms with E-state index in [0.717, 1.165) is 56.0 Å². The molecule has 0 atom stereocenters. The van der Waals surface area contributed by atoms with Gasteiger partial charge >= 0.3 is 0 Å². The molecule has 122 valence electrons. The molecule has 1 aliphatic heterocycles. The Morgan fingerprint density at radius 3 is 2.91 bits per heavy atom. The van der Waals surface area contributed by atoms with Crippen LogP contribution in [0.1, 0.15) is 47.1 Å². The Labute approximate surface area is 137 Å². The molecule has 1 N–H and O–H groups in total. The second-order valence-electron chi connectivity index (χ2n) is 6.51. The molecule has 0 radical (unpaired) electrons. The van der Waals surface area contributed by atoms with Gasteiger partial charge in [-0.3, -0.25) is 9.69 Å². The molecule has 0 aliphatic carbocycles. The van der Waals surface area contributed by atoms with Crippen LogP contribution in [0.3, 0.4) is 0 Å². The Morgan fingerprint density at radius 1 is 1.30 bits per heavy atom. The highest BCUT2D eigenvalue weighted by Crippen LogP contribution is 2.20. The number of hydrogen-bond acceptors (Lipinski definition) is 3. The Balaban J connectivity index is 1.82. The molecule has 23 heavy (non-hydrogen) atoms. The maximum Gasteiger partial charge on any atom is 0.254 e. The van der Waals surface area contributed by atoms with Crippen LogP contribution >= 0.6 is 0 Å². The first-order chi connectivity index (χ1) is 11.1. The highest BCUT2D eigenvalue weighted by Gasteiger charge is 2.21. The van der Waals surface area contributed by atoms with Gasteiger partial charge in [-0.2, -0.15) is 0 Å². The van der Waals surface area contributed by atoms with E-state index in [1.54, 1.807) is 0 Å². The number of H-pyrrole nitrogens is 1. The summed E-state index contributed by atoms with van der Waals surface area (Å²) in [5, 5.41) is 0. The quantitative estimate of drug-likeness (QED) is 0.944. The van der Waals surface area contributed by atoms with E-state index in [-0.39, 0.29) is 5.56 Å². The third kappa shape index (κ3) is 3.37. The van der Waals surface area contributed by atoms with Crippen molar-refractivity contribution in [1.82, 2.24) is 14.9 Å². The van der Waals surface area contributed by atoms with Gasteiger partial charge in [0, 0.05) is 31.6 Å². The van der Waals surface area contributed by atoms with Crippen LogP contribution in [-0.2, 0) is 25.9 Å². The van der Waals surface area contributed by atoms with Crippen molar-refractivity contribution in [3.63, 3.8) is 0 Å². The van der Waals surface area contributed by atoms with Crippen molar-refractivity contribution in [3.8, 4) is 0 Å². The summed E-state index contributed by atoms with van der Waals surface area (Å²) in [6, 6.07) is 6.48. The van der Waals surface area contributed by atoms with E-state index in [2.05, 4.69) is 48.9 Å². The fourth-order valence-corrected chi connectivity index (χ4v) is 3.26. The zero-order chi connectivity index (χ0) is 16.4. The number of aromatic amines is 1. The van der Waals surface area contributed by atoms with E-state index < -0.39 is 0 Å². The summed E-state index contributed by atoms with van der Waals surface area (Å²) < 4.78 is 0. The summed E-state index contributed by atoms with van der Waals surface area (Å²) in [6.45, 7) is 9.05. The molecular weight excluding hydrogens is 286 g/mol. The van der Waals surface area contributed by atoms with Crippen LogP contribution in [-0.4, -0.2) is 21.4 Å². The van der Waals surface area contributed by atoms with Crippen LogP contribution in [0, 0.1) is 13.8 Å². The van der Waals surface area contributed by atoms with Crippen LogP contribution in [0.4, 0.5) is 0 Å². The monoisotopic (exact) mass is 311 g/mol.